The molecular weight excluding hydrogens is 529 g/mol. The molecule has 1 unspecified atom stereocenters. The molecule has 1 aliphatic heterocycles. The molecule has 184 valence electrons. The molecular formula is C25H40IN5O2. The molecule has 1 aromatic rings. The van der Waals surface area contributed by atoms with Gasteiger partial charge in [0.1, 0.15) is 6.10 Å². The molecule has 1 atom stereocenters. The van der Waals surface area contributed by atoms with Crippen LogP contribution in [-0.2, 0) is 11.3 Å². The molecule has 0 bridgehead atoms. The Morgan fingerprint density at radius 1 is 1.12 bits per heavy atom. The normalized spacial score (nSPS) is 22.5. The first-order valence-electron chi connectivity index (χ1n) is 12.6. The molecule has 0 radical (unpaired) electrons. The number of carbonyl (C=O) groups is 1. The molecule has 0 aromatic carbocycles. The van der Waals surface area contributed by atoms with Gasteiger partial charge in [-0.25, -0.2) is 4.98 Å². The lowest BCUT2D eigenvalue weighted by Crippen LogP contribution is -2.45. The fourth-order valence-corrected chi connectivity index (χ4v) is 5.24. The summed E-state index contributed by atoms with van der Waals surface area (Å²) in [7, 11) is 1.79. The number of nitrogens with zero attached hydrogens (tertiary/aromatic N) is 3. The zero-order valence-electron chi connectivity index (χ0n) is 19.9. The fourth-order valence-electron chi connectivity index (χ4n) is 5.24. The van der Waals surface area contributed by atoms with Crippen LogP contribution in [0, 0.1) is 5.92 Å². The SMILES string of the molecule is CN=C(NCc1ccnc(OC2CCCCC2)c1)NC1CCN(C(=O)C2CCCCC2)C1.I. The van der Waals surface area contributed by atoms with E-state index in [4.69, 9.17) is 4.74 Å². The number of aliphatic imine (C=N–C) groups is 1. The number of pyridine rings is 1. The van der Waals surface area contributed by atoms with Crippen LogP contribution in [0.2, 0.25) is 0 Å². The minimum atomic E-state index is 0. The Bertz CT molecular complexity index is 778. The van der Waals surface area contributed by atoms with Crippen LogP contribution in [0.15, 0.2) is 23.3 Å². The van der Waals surface area contributed by atoms with Crippen molar-refractivity contribution in [1.29, 1.82) is 0 Å². The maximum atomic E-state index is 12.8. The quantitative estimate of drug-likeness (QED) is 0.304. The highest BCUT2D eigenvalue weighted by molar-refractivity contribution is 14.0. The molecule has 4 rings (SSSR count). The van der Waals surface area contributed by atoms with Gasteiger partial charge in [-0.2, -0.15) is 0 Å². The third-order valence-electron chi connectivity index (χ3n) is 7.12. The van der Waals surface area contributed by atoms with E-state index < -0.39 is 0 Å². The van der Waals surface area contributed by atoms with Gasteiger partial charge in [0.25, 0.3) is 0 Å². The van der Waals surface area contributed by atoms with E-state index in [9.17, 15) is 4.79 Å². The summed E-state index contributed by atoms with van der Waals surface area (Å²) in [6.45, 7) is 2.27. The van der Waals surface area contributed by atoms with Crippen molar-refractivity contribution < 1.29 is 9.53 Å². The van der Waals surface area contributed by atoms with Crippen molar-refractivity contribution in [1.82, 2.24) is 20.5 Å². The van der Waals surface area contributed by atoms with Crippen molar-refractivity contribution in [2.75, 3.05) is 20.1 Å². The highest BCUT2D eigenvalue weighted by atomic mass is 127. The summed E-state index contributed by atoms with van der Waals surface area (Å²) < 4.78 is 6.10. The Morgan fingerprint density at radius 2 is 1.85 bits per heavy atom. The molecule has 1 saturated heterocycles. The van der Waals surface area contributed by atoms with Crippen LogP contribution >= 0.6 is 24.0 Å². The molecule has 8 heteroatoms. The van der Waals surface area contributed by atoms with Gasteiger partial charge >= 0.3 is 0 Å². The molecule has 7 nitrogen and oxygen atoms in total. The molecule has 2 N–H and O–H groups in total. The lowest BCUT2D eigenvalue weighted by atomic mass is 9.88. The molecule has 0 spiro atoms. The third-order valence-corrected chi connectivity index (χ3v) is 7.12. The van der Waals surface area contributed by atoms with E-state index in [-0.39, 0.29) is 35.9 Å². The summed E-state index contributed by atoms with van der Waals surface area (Å²) >= 11 is 0. The van der Waals surface area contributed by atoms with E-state index in [1.807, 2.05) is 18.3 Å². The van der Waals surface area contributed by atoms with Crippen molar-refractivity contribution in [3.05, 3.63) is 23.9 Å². The number of nitrogens with one attached hydrogen (secondary N) is 2. The lowest BCUT2D eigenvalue weighted by molar-refractivity contribution is -0.135. The van der Waals surface area contributed by atoms with Crippen molar-refractivity contribution in [3.8, 4) is 5.88 Å². The minimum Gasteiger partial charge on any atom is -0.474 e. The topological polar surface area (TPSA) is 78.9 Å². The van der Waals surface area contributed by atoms with E-state index >= 15 is 0 Å². The summed E-state index contributed by atoms with van der Waals surface area (Å²) in [5, 5.41) is 6.91. The maximum Gasteiger partial charge on any atom is 0.225 e. The molecule has 2 heterocycles. The van der Waals surface area contributed by atoms with Gasteiger partial charge in [-0.05, 0) is 56.6 Å². The van der Waals surface area contributed by atoms with Gasteiger partial charge in [-0.3, -0.25) is 9.79 Å². The first-order chi connectivity index (χ1) is 15.7. The molecule has 2 saturated carbocycles. The maximum absolute atomic E-state index is 12.8. The summed E-state index contributed by atoms with van der Waals surface area (Å²) in [6.07, 6.45) is 15.0. The van der Waals surface area contributed by atoms with Crippen LogP contribution in [0.3, 0.4) is 0 Å². The fraction of sp³-hybridized carbons (Fsp3) is 0.720. The number of ether oxygens (including phenoxy) is 1. The van der Waals surface area contributed by atoms with E-state index in [0.717, 1.165) is 56.7 Å². The molecule has 2 aliphatic carbocycles. The van der Waals surface area contributed by atoms with Gasteiger partial charge in [-0.15, -0.1) is 24.0 Å². The number of hydrogen-bond donors (Lipinski definition) is 2. The average molecular weight is 570 g/mol. The van der Waals surface area contributed by atoms with E-state index in [2.05, 4.69) is 25.5 Å². The molecule has 1 aromatic heterocycles. The number of likely N-dealkylation sites (tertiary alicyclic amines) is 1. The number of halogens is 1. The summed E-state index contributed by atoms with van der Waals surface area (Å²) in [6, 6.07) is 4.28. The zero-order chi connectivity index (χ0) is 22.2. The van der Waals surface area contributed by atoms with Gasteiger partial charge in [0.15, 0.2) is 5.96 Å². The summed E-state index contributed by atoms with van der Waals surface area (Å²) in [5.74, 6) is 2.09. The van der Waals surface area contributed by atoms with Gasteiger partial charge in [0.2, 0.25) is 11.8 Å². The van der Waals surface area contributed by atoms with Gasteiger partial charge in [0.05, 0.1) is 0 Å². The van der Waals surface area contributed by atoms with Crippen LogP contribution < -0.4 is 15.4 Å². The smallest absolute Gasteiger partial charge is 0.225 e. The predicted molar refractivity (Wildman–Crippen MR) is 142 cm³/mol. The zero-order valence-corrected chi connectivity index (χ0v) is 22.3. The van der Waals surface area contributed by atoms with Crippen LogP contribution in [-0.4, -0.2) is 54.0 Å². The molecule has 1 amide bonds. The Labute approximate surface area is 215 Å². The number of hydrogen-bond acceptors (Lipinski definition) is 4. The second kappa shape index (κ2) is 13.3. The largest absolute Gasteiger partial charge is 0.474 e. The number of guanidine groups is 1. The Kier molecular flexibility index (Phi) is 10.5. The second-order valence-corrected chi connectivity index (χ2v) is 9.56. The third kappa shape index (κ3) is 7.72. The van der Waals surface area contributed by atoms with Gasteiger partial charge < -0.3 is 20.3 Å². The average Bonchev–Trinajstić information content (AvgIpc) is 3.31. The minimum absolute atomic E-state index is 0. The lowest BCUT2D eigenvalue weighted by Gasteiger charge is -2.26. The number of amides is 1. The van der Waals surface area contributed by atoms with Gasteiger partial charge in [-0.1, -0.05) is 25.7 Å². The first kappa shape index (κ1) is 26.0. The highest BCUT2D eigenvalue weighted by Crippen LogP contribution is 2.27. The van der Waals surface area contributed by atoms with Crippen molar-refractivity contribution in [2.45, 2.75) is 89.3 Å². The van der Waals surface area contributed by atoms with Crippen LogP contribution in [0.4, 0.5) is 0 Å². The second-order valence-electron chi connectivity index (χ2n) is 9.56. The van der Waals surface area contributed by atoms with E-state index in [1.165, 1.54) is 38.5 Å². The standard InChI is InChI=1S/C25H39N5O2.HI/c1-26-25(29-21-13-15-30(18-21)24(31)20-8-4-2-5-9-20)28-17-19-12-14-27-23(16-19)32-22-10-6-3-7-11-22;/h12,14,16,20-22H,2-11,13,15,17-18H2,1H3,(H2,26,28,29);1H. The van der Waals surface area contributed by atoms with Crippen molar-refractivity contribution in [2.24, 2.45) is 10.9 Å². The monoisotopic (exact) mass is 569 g/mol. The molecule has 3 aliphatic rings. The Hall–Kier alpha value is -1.58. The van der Waals surface area contributed by atoms with Crippen molar-refractivity contribution >= 4 is 35.8 Å². The van der Waals surface area contributed by atoms with Crippen LogP contribution in [0.25, 0.3) is 0 Å². The van der Waals surface area contributed by atoms with Crippen LogP contribution in [0.1, 0.15) is 76.2 Å². The number of rotatable bonds is 6. The Balaban J connectivity index is 0.00000306. The molecule has 33 heavy (non-hydrogen) atoms. The number of carbonyl (C=O) groups excluding carboxylic acids is 1. The first-order valence-corrected chi connectivity index (χ1v) is 12.6. The summed E-state index contributed by atoms with van der Waals surface area (Å²) in [5.41, 5.74) is 1.12. The summed E-state index contributed by atoms with van der Waals surface area (Å²) in [4.78, 5) is 23.7. The van der Waals surface area contributed by atoms with E-state index in [0.29, 0.717) is 24.4 Å². The van der Waals surface area contributed by atoms with Gasteiger partial charge in [0, 0.05) is 50.9 Å². The van der Waals surface area contributed by atoms with E-state index in [1.54, 1.807) is 7.05 Å². The number of aromatic nitrogens is 1. The predicted octanol–water partition coefficient (Wildman–Crippen LogP) is 4.26. The van der Waals surface area contributed by atoms with Crippen molar-refractivity contribution in [3.63, 3.8) is 0 Å². The molecule has 3 fully saturated rings. The van der Waals surface area contributed by atoms with Crippen LogP contribution in [0.5, 0.6) is 5.88 Å². The Morgan fingerprint density at radius 3 is 2.58 bits per heavy atom. The highest BCUT2D eigenvalue weighted by Gasteiger charge is 2.31.